The van der Waals surface area contributed by atoms with Crippen LogP contribution in [-0.4, -0.2) is 23.4 Å². The number of nitriles is 1. The molecule has 0 aromatic heterocycles. The van der Waals surface area contributed by atoms with Crippen LogP contribution in [0.2, 0.25) is 0 Å². The Morgan fingerprint density at radius 3 is 2.56 bits per heavy atom. The van der Waals surface area contributed by atoms with Crippen molar-refractivity contribution in [3.8, 4) is 6.07 Å². The lowest BCUT2D eigenvalue weighted by atomic mass is 9.59. The van der Waals surface area contributed by atoms with E-state index >= 15 is 0 Å². The molecule has 3 heteroatoms. The fourth-order valence-corrected chi connectivity index (χ4v) is 3.57. The van der Waals surface area contributed by atoms with Crippen molar-refractivity contribution in [1.82, 2.24) is 0 Å². The highest BCUT2D eigenvalue weighted by Gasteiger charge is 2.53. The van der Waals surface area contributed by atoms with E-state index in [0.717, 1.165) is 32.1 Å². The van der Waals surface area contributed by atoms with Crippen LogP contribution < -0.4 is 0 Å². The van der Waals surface area contributed by atoms with Crippen molar-refractivity contribution < 1.29 is 9.84 Å². The van der Waals surface area contributed by atoms with Gasteiger partial charge in [0.05, 0.1) is 23.2 Å². The molecule has 2 unspecified atom stereocenters. The lowest BCUT2D eigenvalue weighted by Crippen LogP contribution is -2.54. The summed E-state index contributed by atoms with van der Waals surface area (Å²) < 4.78 is 5.65. The van der Waals surface area contributed by atoms with Crippen molar-refractivity contribution in [2.45, 2.75) is 70.5 Å². The second kappa shape index (κ2) is 5.19. The van der Waals surface area contributed by atoms with E-state index in [1.54, 1.807) is 0 Å². The molecule has 2 atom stereocenters. The lowest BCUT2D eigenvalue weighted by molar-refractivity contribution is -0.162. The van der Waals surface area contributed by atoms with Gasteiger partial charge in [0.15, 0.2) is 0 Å². The van der Waals surface area contributed by atoms with E-state index in [1.807, 2.05) is 0 Å². The summed E-state index contributed by atoms with van der Waals surface area (Å²) in [6, 6.07) is 2.49. The smallest absolute Gasteiger partial charge is 0.0879 e. The van der Waals surface area contributed by atoms with Gasteiger partial charge in [-0.25, -0.2) is 0 Å². The van der Waals surface area contributed by atoms with Gasteiger partial charge in [-0.3, -0.25) is 0 Å². The SMILES string of the molecule is CCC1CC(O)(C2(C#N)CCC(C)CC2)CCO1. The largest absolute Gasteiger partial charge is 0.388 e. The summed E-state index contributed by atoms with van der Waals surface area (Å²) in [7, 11) is 0. The molecule has 1 N–H and O–H groups in total. The van der Waals surface area contributed by atoms with E-state index in [1.165, 1.54) is 0 Å². The van der Waals surface area contributed by atoms with E-state index in [4.69, 9.17) is 4.74 Å². The number of hydrogen-bond acceptors (Lipinski definition) is 3. The number of nitrogens with zero attached hydrogens (tertiary/aromatic N) is 1. The standard InChI is InChI=1S/C15H25NO2/c1-3-13-10-15(17,8-9-18-13)14(11-16)6-4-12(2)5-7-14/h12-13,17H,3-10H2,1-2H3. The minimum absolute atomic E-state index is 0.119. The topological polar surface area (TPSA) is 53.2 Å². The van der Waals surface area contributed by atoms with E-state index in [0.29, 0.717) is 25.4 Å². The van der Waals surface area contributed by atoms with Gasteiger partial charge in [-0.2, -0.15) is 5.26 Å². The van der Waals surface area contributed by atoms with Crippen LogP contribution in [0, 0.1) is 22.7 Å². The zero-order valence-electron chi connectivity index (χ0n) is 11.6. The van der Waals surface area contributed by atoms with Crippen LogP contribution in [0.25, 0.3) is 0 Å². The Labute approximate surface area is 110 Å². The monoisotopic (exact) mass is 251 g/mol. The third-order valence-electron chi connectivity index (χ3n) is 5.12. The predicted molar refractivity (Wildman–Crippen MR) is 69.9 cm³/mol. The summed E-state index contributed by atoms with van der Waals surface area (Å²) in [5.74, 6) is 0.692. The highest BCUT2D eigenvalue weighted by molar-refractivity contribution is 5.14. The Morgan fingerprint density at radius 2 is 2.00 bits per heavy atom. The molecule has 1 aliphatic heterocycles. The molecule has 0 radical (unpaired) electrons. The maximum Gasteiger partial charge on any atom is 0.0879 e. The van der Waals surface area contributed by atoms with Crippen LogP contribution in [0.15, 0.2) is 0 Å². The van der Waals surface area contributed by atoms with Crippen molar-refractivity contribution in [1.29, 1.82) is 5.26 Å². The third-order valence-corrected chi connectivity index (χ3v) is 5.12. The van der Waals surface area contributed by atoms with E-state index in [-0.39, 0.29) is 6.10 Å². The number of aliphatic hydroxyl groups is 1. The first-order valence-electron chi connectivity index (χ1n) is 7.30. The van der Waals surface area contributed by atoms with E-state index in [2.05, 4.69) is 19.9 Å². The van der Waals surface area contributed by atoms with Crippen molar-refractivity contribution >= 4 is 0 Å². The Bertz CT molecular complexity index is 328. The van der Waals surface area contributed by atoms with Gasteiger partial charge in [-0.05, 0) is 38.0 Å². The molecule has 102 valence electrons. The maximum atomic E-state index is 11.0. The number of ether oxygens (including phenoxy) is 1. The summed E-state index contributed by atoms with van der Waals surface area (Å²) in [5, 5.41) is 20.7. The summed E-state index contributed by atoms with van der Waals surface area (Å²) >= 11 is 0. The molecular formula is C15H25NO2. The highest BCUT2D eigenvalue weighted by Crippen LogP contribution is 2.50. The van der Waals surface area contributed by atoms with Crippen LogP contribution in [-0.2, 0) is 4.74 Å². The molecule has 0 aromatic rings. The van der Waals surface area contributed by atoms with Crippen LogP contribution in [0.1, 0.15) is 58.8 Å². The predicted octanol–water partition coefficient (Wildman–Crippen LogP) is 3.03. The van der Waals surface area contributed by atoms with Gasteiger partial charge in [0.25, 0.3) is 0 Å². The van der Waals surface area contributed by atoms with Crippen molar-refractivity contribution in [2.75, 3.05) is 6.61 Å². The molecule has 1 aliphatic carbocycles. The lowest BCUT2D eigenvalue weighted by Gasteiger charge is -2.49. The zero-order valence-corrected chi connectivity index (χ0v) is 11.6. The fourth-order valence-electron chi connectivity index (χ4n) is 3.57. The molecule has 2 fully saturated rings. The van der Waals surface area contributed by atoms with Gasteiger partial charge in [0.1, 0.15) is 0 Å². The van der Waals surface area contributed by atoms with Gasteiger partial charge in [0, 0.05) is 19.4 Å². The third kappa shape index (κ3) is 2.29. The van der Waals surface area contributed by atoms with Crippen LogP contribution >= 0.6 is 0 Å². The molecule has 18 heavy (non-hydrogen) atoms. The maximum absolute atomic E-state index is 11.0. The van der Waals surface area contributed by atoms with Crippen molar-refractivity contribution in [3.63, 3.8) is 0 Å². The number of rotatable bonds is 2. The molecule has 1 saturated carbocycles. The molecule has 2 aliphatic rings. The quantitative estimate of drug-likeness (QED) is 0.820. The molecule has 1 heterocycles. The normalized spacial score (nSPS) is 45.4. The molecule has 0 spiro atoms. The zero-order chi connectivity index (χ0) is 13.2. The first kappa shape index (κ1) is 13.8. The van der Waals surface area contributed by atoms with Gasteiger partial charge in [-0.1, -0.05) is 13.8 Å². The van der Waals surface area contributed by atoms with Crippen LogP contribution in [0.5, 0.6) is 0 Å². The first-order valence-corrected chi connectivity index (χ1v) is 7.30. The first-order chi connectivity index (χ1) is 8.55. The molecule has 3 nitrogen and oxygen atoms in total. The second-order valence-corrected chi connectivity index (χ2v) is 6.26. The minimum Gasteiger partial charge on any atom is -0.388 e. The summed E-state index contributed by atoms with van der Waals surface area (Å²) in [6.07, 6.45) is 6.10. The van der Waals surface area contributed by atoms with Crippen molar-refractivity contribution in [2.24, 2.45) is 11.3 Å². The number of hydrogen-bond donors (Lipinski definition) is 1. The average molecular weight is 251 g/mol. The van der Waals surface area contributed by atoms with Gasteiger partial charge in [0.2, 0.25) is 0 Å². The minimum atomic E-state index is -0.833. The molecule has 0 bridgehead atoms. The van der Waals surface area contributed by atoms with Crippen LogP contribution in [0.4, 0.5) is 0 Å². The average Bonchev–Trinajstić information content (AvgIpc) is 2.39. The van der Waals surface area contributed by atoms with Gasteiger partial charge >= 0.3 is 0 Å². The van der Waals surface area contributed by atoms with Gasteiger partial charge in [-0.15, -0.1) is 0 Å². The van der Waals surface area contributed by atoms with Crippen molar-refractivity contribution in [3.05, 3.63) is 0 Å². The molecule has 1 saturated heterocycles. The van der Waals surface area contributed by atoms with Crippen LogP contribution in [0.3, 0.4) is 0 Å². The molecule has 0 amide bonds. The summed E-state index contributed by atoms with van der Waals surface area (Å²) in [6.45, 7) is 4.91. The molecule has 2 rings (SSSR count). The molecular weight excluding hydrogens is 226 g/mol. The van der Waals surface area contributed by atoms with E-state index in [9.17, 15) is 10.4 Å². The Morgan fingerprint density at radius 1 is 1.33 bits per heavy atom. The van der Waals surface area contributed by atoms with E-state index < -0.39 is 11.0 Å². The summed E-state index contributed by atoms with van der Waals surface area (Å²) in [4.78, 5) is 0. The Balaban J connectivity index is 2.18. The summed E-state index contributed by atoms with van der Waals surface area (Å²) in [5.41, 5.74) is -1.36. The fraction of sp³-hybridized carbons (Fsp3) is 0.933. The Hall–Kier alpha value is -0.590. The second-order valence-electron chi connectivity index (χ2n) is 6.26. The highest BCUT2D eigenvalue weighted by atomic mass is 16.5. The molecule has 0 aromatic carbocycles. The van der Waals surface area contributed by atoms with Gasteiger partial charge < -0.3 is 9.84 Å². The Kier molecular flexibility index (Phi) is 3.99.